The van der Waals surface area contributed by atoms with Crippen molar-refractivity contribution >= 4 is 38.7 Å². The van der Waals surface area contributed by atoms with Crippen LogP contribution in [0.2, 0.25) is 0 Å². The number of benzene rings is 2. The van der Waals surface area contributed by atoms with Crippen molar-refractivity contribution in [3.05, 3.63) is 59.8 Å². The zero-order valence-corrected chi connectivity index (χ0v) is 23.2. The predicted molar refractivity (Wildman–Crippen MR) is 148 cm³/mol. The van der Waals surface area contributed by atoms with Crippen LogP contribution in [0.25, 0.3) is 0 Å². The number of alkyl halides is 3. The molecule has 1 fully saturated rings. The quantitative estimate of drug-likeness (QED) is 0.346. The van der Waals surface area contributed by atoms with Gasteiger partial charge in [0.25, 0.3) is 0 Å². The predicted octanol–water partition coefficient (Wildman–Crippen LogP) is 5.52. The first kappa shape index (κ1) is 28.6. The van der Waals surface area contributed by atoms with Crippen molar-refractivity contribution in [1.82, 2.24) is 15.3 Å². The van der Waals surface area contributed by atoms with Crippen LogP contribution >= 0.6 is 0 Å². The van der Waals surface area contributed by atoms with Crippen molar-refractivity contribution in [3.8, 4) is 0 Å². The van der Waals surface area contributed by atoms with E-state index in [4.69, 9.17) is 0 Å². The molecule has 2 heterocycles. The van der Waals surface area contributed by atoms with Gasteiger partial charge in [0.05, 0.1) is 16.2 Å². The molecule has 3 N–H and O–H groups in total. The summed E-state index contributed by atoms with van der Waals surface area (Å²) in [6.45, 7) is 9.59. The van der Waals surface area contributed by atoms with E-state index in [0.29, 0.717) is 43.2 Å². The molecule has 1 aliphatic heterocycles. The van der Waals surface area contributed by atoms with E-state index in [-0.39, 0.29) is 28.0 Å². The van der Waals surface area contributed by atoms with Gasteiger partial charge >= 0.3 is 6.18 Å². The van der Waals surface area contributed by atoms with Crippen LogP contribution in [0.1, 0.15) is 31.9 Å². The number of nitrogens with zero attached hydrogens (tertiary/aromatic N) is 3. The molecule has 1 aromatic heterocycles. The highest BCUT2D eigenvalue weighted by Crippen LogP contribution is 2.39. The van der Waals surface area contributed by atoms with Gasteiger partial charge < -0.3 is 20.9 Å². The van der Waals surface area contributed by atoms with Gasteiger partial charge in [-0.25, -0.2) is 13.4 Å². The molecule has 3 aromatic rings. The summed E-state index contributed by atoms with van der Waals surface area (Å²) in [6, 6.07) is 10.6. The van der Waals surface area contributed by atoms with Crippen molar-refractivity contribution in [3.63, 3.8) is 0 Å². The standard InChI is InChI=1S/C27H33F3N6O2S/c1-18-16-32-25(34-20-8-9-23(22(15-20)27(28,29)30)36-12-10-31-11-13-36)35-24(18)33-19-6-5-7-21(14-19)39(37,38)17-26(2,3)4/h5-9,14-16,31H,10-13,17H2,1-4H3,(H2,32,33,34,35). The molecule has 0 radical (unpaired) electrons. The van der Waals surface area contributed by atoms with Crippen LogP contribution in [0.3, 0.4) is 0 Å². The molecule has 0 atom stereocenters. The number of hydrogen-bond donors (Lipinski definition) is 3. The maximum atomic E-state index is 13.9. The highest BCUT2D eigenvalue weighted by Gasteiger charge is 2.35. The first-order chi connectivity index (χ1) is 18.2. The number of nitrogens with one attached hydrogen (secondary N) is 3. The average Bonchev–Trinajstić information content (AvgIpc) is 2.85. The SMILES string of the molecule is Cc1cnc(Nc2ccc(N3CCNCC3)c(C(F)(F)F)c2)nc1Nc1cccc(S(=O)(=O)CC(C)(C)C)c1. The van der Waals surface area contributed by atoms with Crippen LogP contribution in [-0.4, -0.2) is 50.3 Å². The fourth-order valence-electron chi connectivity index (χ4n) is 4.34. The van der Waals surface area contributed by atoms with Crippen molar-refractivity contribution in [1.29, 1.82) is 0 Å². The van der Waals surface area contributed by atoms with Crippen LogP contribution in [-0.2, 0) is 16.0 Å². The zero-order valence-electron chi connectivity index (χ0n) is 22.4. The molecule has 2 aromatic carbocycles. The largest absolute Gasteiger partial charge is 0.418 e. The van der Waals surface area contributed by atoms with Crippen molar-refractivity contribution in [2.45, 2.75) is 38.8 Å². The van der Waals surface area contributed by atoms with Crippen molar-refractivity contribution in [2.75, 3.05) is 47.5 Å². The summed E-state index contributed by atoms with van der Waals surface area (Å²) in [5, 5.41) is 9.13. The van der Waals surface area contributed by atoms with E-state index >= 15 is 0 Å². The van der Waals surface area contributed by atoms with Gasteiger partial charge in [-0.3, -0.25) is 0 Å². The third kappa shape index (κ3) is 7.39. The van der Waals surface area contributed by atoms with Crippen LogP contribution in [0.15, 0.2) is 53.6 Å². The Labute approximate surface area is 227 Å². The van der Waals surface area contributed by atoms with Crippen molar-refractivity contribution in [2.24, 2.45) is 5.41 Å². The minimum atomic E-state index is -4.53. The fourth-order valence-corrected chi connectivity index (χ4v) is 6.24. The van der Waals surface area contributed by atoms with Gasteiger partial charge in [0.2, 0.25) is 5.95 Å². The first-order valence-electron chi connectivity index (χ1n) is 12.6. The fraction of sp³-hybridized carbons (Fsp3) is 0.407. The molecule has 1 saturated heterocycles. The summed E-state index contributed by atoms with van der Waals surface area (Å²) in [5.41, 5.74) is 0.398. The number of anilines is 5. The molecule has 0 bridgehead atoms. The van der Waals surface area contributed by atoms with E-state index in [2.05, 4.69) is 25.9 Å². The average molecular weight is 563 g/mol. The molecule has 8 nitrogen and oxygen atoms in total. The normalized spacial score (nSPS) is 14.8. The number of halogens is 3. The zero-order chi connectivity index (χ0) is 28.4. The molecular formula is C27H33F3N6O2S. The lowest BCUT2D eigenvalue weighted by atomic mass is 10.0. The Morgan fingerprint density at radius 1 is 1.00 bits per heavy atom. The monoisotopic (exact) mass is 562 g/mol. The Morgan fingerprint density at radius 2 is 1.69 bits per heavy atom. The van der Waals surface area contributed by atoms with Gasteiger partial charge in [0, 0.05) is 55.0 Å². The number of hydrogen-bond acceptors (Lipinski definition) is 8. The summed E-state index contributed by atoms with van der Waals surface area (Å²) >= 11 is 0. The number of sulfone groups is 1. The van der Waals surface area contributed by atoms with Crippen LogP contribution in [0.5, 0.6) is 0 Å². The van der Waals surface area contributed by atoms with Crippen molar-refractivity contribution < 1.29 is 21.6 Å². The molecule has 1 aliphatic rings. The third-order valence-electron chi connectivity index (χ3n) is 6.07. The maximum Gasteiger partial charge on any atom is 0.418 e. The molecule has 0 spiro atoms. The van der Waals surface area contributed by atoms with Crippen LogP contribution < -0.4 is 20.9 Å². The lowest BCUT2D eigenvalue weighted by Gasteiger charge is -2.31. The van der Waals surface area contributed by atoms with Crippen LogP contribution in [0, 0.1) is 12.3 Å². The second-order valence-corrected chi connectivity index (χ2v) is 12.8. The Bertz CT molecular complexity index is 1430. The molecule has 0 amide bonds. The molecule has 0 unspecified atom stereocenters. The Morgan fingerprint density at radius 3 is 2.36 bits per heavy atom. The van der Waals surface area contributed by atoms with Gasteiger partial charge in [-0.05, 0) is 48.7 Å². The second kappa shape index (κ2) is 11.0. The van der Waals surface area contributed by atoms with E-state index in [1.807, 2.05) is 20.8 Å². The number of aromatic nitrogens is 2. The smallest absolute Gasteiger partial charge is 0.368 e. The summed E-state index contributed by atoms with van der Waals surface area (Å²) < 4.78 is 67.5. The van der Waals surface area contributed by atoms with Gasteiger partial charge in [0.1, 0.15) is 5.82 Å². The lowest BCUT2D eigenvalue weighted by molar-refractivity contribution is -0.137. The minimum Gasteiger partial charge on any atom is -0.368 e. The van der Waals surface area contributed by atoms with E-state index in [1.54, 1.807) is 42.2 Å². The lowest BCUT2D eigenvalue weighted by Crippen LogP contribution is -2.44. The third-order valence-corrected chi connectivity index (χ3v) is 8.28. The summed E-state index contributed by atoms with van der Waals surface area (Å²) in [6.07, 6.45) is -2.99. The van der Waals surface area contributed by atoms with Gasteiger partial charge in [0.15, 0.2) is 9.84 Å². The minimum absolute atomic E-state index is 0.00257. The van der Waals surface area contributed by atoms with E-state index in [1.165, 1.54) is 12.3 Å². The van der Waals surface area contributed by atoms with E-state index < -0.39 is 27.0 Å². The summed E-state index contributed by atoms with van der Waals surface area (Å²) in [7, 11) is -3.50. The molecule has 39 heavy (non-hydrogen) atoms. The molecule has 12 heteroatoms. The van der Waals surface area contributed by atoms with Gasteiger partial charge in [-0.1, -0.05) is 26.8 Å². The van der Waals surface area contributed by atoms with Gasteiger partial charge in [-0.15, -0.1) is 0 Å². The maximum absolute atomic E-state index is 13.9. The molecule has 210 valence electrons. The molecule has 0 saturated carbocycles. The molecule has 0 aliphatic carbocycles. The van der Waals surface area contributed by atoms with Gasteiger partial charge in [-0.2, -0.15) is 18.2 Å². The summed E-state index contributed by atoms with van der Waals surface area (Å²) in [5.74, 6) is 0.492. The Hall–Kier alpha value is -3.38. The molecular weight excluding hydrogens is 529 g/mol. The number of aryl methyl sites for hydroxylation is 1. The number of piperazine rings is 1. The van der Waals surface area contributed by atoms with E-state index in [9.17, 15) is 21.6 Å². The highest BCUT2D eigenvalue weighted by molar-refractivity contribution is 7.91. The summed E-state index contributed by atoms with van der Waals surface area (Å²) in [4.78, 5) is 10.6. The Kier molecular flexibility index (Phi) is 8.08. The number of rotatable bonds is 7. The van der Waals surface area contributed by atoms with E-state index in [0.717, 1.165) is 6.07 Å². The van der Waals surface area contributed by atoms with Crippen LogP contribution in [0.4, 0.5) is 42.0 Å². The molecule has 4 rings (SSSR count). The Balaban J connectivity index is 1.57. The topological polar surface area (TPSA) is 99.2 Å². The first-order valence-corrected chi connectivity index (χ1v) is 14.2. The second-order valence-electron chi connectivity index (χ2n) is 10.8. The highest BCUT2D eigenvalue weighted by atomic mass is 32.2.